The summed E-state index contributed by atoms with van der Waals surface area (Å²) < 4.78 is 0. The van der Waals surface area contributed by atoms with Gasteiger partial charge in [0.2, 0.25) is 0 Å². The summed E-state index contributed by atoms with van der Waals surface area (Å²) in [6.07, 6.45) is 11.7. The zero-order valence-corrected chi connectivity index (χ0v) is 18.2. The van der Waals surface area contributed by atoms with Crippen LogP contribution in [0.5, 0.6) is 0 Å². The van der Waals surface area contributed by atoms with Gasteiger partial charge in [0.05, 0.1) is 0 Å². The molecular weight excluding hydrogens is 348 g/mol. The van der Waals surface area contributed by atoms with Gasteiger partial charge in [0, 0.05) is 11.8 Å². The zero-order valence-electron chi connectivity index (χ0n) is 18.2. The largest absolute Gasteiger partial charge is 0.481 e. The van der Waals surface area contributed by atoms with Crippen LogP contribution in [0.4, 0.5) is 0 Å². The fraction of sp³-hybridized carbons (Fsp3) is 0.840. The maximum absolute atomic E-state index is 13.6. The van der Waals surface area contributed by atoms with Crippen LogP contribution in [-0.4, -0.2) is 16.9 Å². The molecule has 0 saturated heterocycles. The fourth-order valence-electron chi connectivity index (χ4n) is 8.02. The molecule has 0 heterocycles. The quantitative estimate of drug-likeness (QED) is 0.656. The minimum absolute atomic E-state index is 0.217. The molecule has 28 heavy (non-hydrogen) atoms. The number of carboxylic acid groups (broad SMARTS) is 1. The van der Waals surface area contributed by atoms with Gasteiger partial charge in [-0.3, -0.25) is 9.59 Å². The number of carbonyl (C=O) groups excluding carboxylic acids is 1. The predicted octanol–water partition coefficient (Wildman–Crippen LogP) is 5.88. The number of hydrogen-bond acceptors (Lipinski definition) is 2. The molecule has 0 bridgehead atoms. The molecule has 4 aliphatic carbocycles. The van der Waals surface area contributed by atoms with Gasteiger partial charge in [-0.25, -0.2) is 0 Å². The first-order valence-electron chi connectivity index (χ1n) is 11.7. The van der Waals surface area contributed by atoms with Crippen molar-refractivity contribution < 1.29 is 14.7 Å². The Morgan fingerprint density at radius 1 is 1.21 bits per heavy atom. The molecule has 4 aliphatic rings. The lowest BCUT2D eigenvalue weighted by Gasteiger charge is -2.56. The third-order valence-electron chi connectivity index (χ3n) is 9.76. The minimum Gasteiger partial charge on any atom is -0.481 e. The first kappa shape index (κ1) is 20.2. The fourth-order valence-corrected chi connectivity index (χ4v) is 8.02. The Balaban J connectivity index is 1.63. The van der Waals surface area contributed by atoms with Crippen LogP contribution in [0.1, 0.15) is 85.5 Å². The number of ketones is 1. The summed E-state index contributed by atoms with van der Waals surface area (Å²) >= 11 is 0. The number of carboxylic acids is 1. The summed E-state index contributed by atoms with van der Waals surface area (Å²) in [4.78, 5) is 24.6. The number of aliphatic carboxylic acids is 1. The van der Waals surface area contributed by atoms with Crippen molar-refractivity contribution in [2.24, 2.45) is 46.3 Å². The molecule has 3 unspecified atom stereocenters. The standard InChI is InChI=1S/C25H38O3/c1-15-11-12-24(3)17(13-15)6-7-18-20-9-8-19(16(2)5-10-23(27)28)25(20,4)22(26)14-21(18)24/h14-20H,5-13H2,1-4H3,(H,27,28)/t15-,16-,17+,18?,19?,20?,24+,25-/m1/s1. The van der Waals surface area contributed by atoms with Gasteiger partial charge in [-0.05, 0) is 98.4 Å². The van der Waals surface area contributed by atoms with Crippen LogP contribution >= 0.6 is 0 Å². The van der Waals surface area contributed by atoms with Crippen molar-refractivity contribution in [3.05, 3.63) is 11.6 Å². The van der Waals surface area contributed by atoms with E-state index in [0.717, 1.165) is 24.7 Å². The topological polar surface area (TPSA) is 54.4 Å². The summed E-state index contributed by atoms with van der Waals surface area (Å²) in [5.41, 5.74) is 1.46. The molecule has 3 heteroatoms. The second-order valence-corrected chi connectivity index (χ2v) is 11.1. The summed E-state index contributed by atoms with van der Waals surface area (Å²) in [5.74, 6) is 2.89. The van der Waals surface area contributed by atoms with Gasteiger partial charge in [0.25, 0.3) is 0 Å². The van der Waals surface area contributed by atoms with Gasteiger partial charge < -0.3 is 5.11 Å². The number of hydrogen-bond donors (Lipinski definition) is 1. The van der Waals surface area contributed by atoms with Crippen molar-refractivity contribution in [1.82, 2.24) is 0 Å². The van der Waals surface area contributed by atoms with Gasteiger partial charge in [-0.15, -0.1) is 0 Å². The molecule has 0 aliphatic heterocycles. The molecular formula is C25H38O3. The summed E-state index contributed by atoms with van der Waals surface area (Å²) in [6, 6.07) is 0. The highest BCUT2D eigenvalue weighted by molar-refractivity contribution is 5.97. The lowest BCUT2D eigenvalue weighted by molar-refractivity contribution is -0.137. The molecule has 0 spiro atoms. The molecule has 3 nitrogen and oxygen atoms in total. The van der Waals surface area contributed by atoms with Crippen LogP contribution in [-0.2, 0) is 9.59 Å². The lowest BCUT2D eigenvalue weighted by Crippen LogP contribution is -2.51. The van der Waals surface area contributed by atoms with Gasteiger partial charge in [0.1, 0.15) is 0 Å². The number of carbonyl (C=O) groups is 2. The van der Waals surface area contributed by atoms with Gasteiger partial charge >= 0.3 is 5.97 Å². The molecule has 8 atom stereocenters. The van der Waals surface area contributed by atoms with E-state index in [4.69, 9.17) is 5.11 Å². The van der Waals surface area contributed by atoms with Gasteiger partial charge in [-0.1, -0.05) is 33.3 Å². The molecule has 0 amide bonds. The monoisotopic (exact) mass is 386 g/mol. The van der Waals surface area contributed by atoms with E-state index in [1.165, 1.54) is 37.7 Å². The summed E-state index contributed by atoms with van der Waals surface area (Å²) in [6.45, 7) is 9.25. The molecule has 0 aromatic heterocycles. The van der Waals surface area contributed by atoms with E-state index in [1.54, 1.807) is 0 Å². The van der Waals surface area contributed by atoms with Crippen molar-refractivity contribution in [3.8, 4) is 0 Å². The van der Waals surface area contributed by atoms with Crippen LogP contribution in [0.3, 0.4) is 0 Å². The van der Waals surface area contributed by atoms with E-state index in [-0.39, 0.29) is 17.3 Å². The van der Waals surface area contributed by atoms with Crippen LogP contribution < -0.4 is 0 Å². The van der Waals surface area contributed by atoms with Crippen molar-refractivity contribution in [3.63, 3.8) is 0 Å². The Hall–Kier alpha value is -1.12. The highest BCUT2D eigenvalue weighted by atomic mass is 16.4. The average Bonchev–Trinajstić information content (AvgIpc) is 3.00. The van der Waals surface area contributed by atoms with E-state index in [1.807, 2.05) is 0 Å². The maximum Gasteiger partial charge on any atom is 0.303 e. The second-order valence-electron chi connectivity index (χ2n) is 11.1. The van der Waals surface area contributed by atoms with E-state index < -0.39 is 5.97 Å². The third kappa shape index (κ3) is 2.91. The van der Waals surface area contributed by atoms with Crippen molar-refractivity contribution in [2.45, 2.75) is 85.5 Å². The van der Waals surface area contributed by atoms with Crippen LogP contribution in [0, 0.1) is 46.3 Å². The van der Waals surface area contributed by atoms with Crippen molar-refractivity contribution in [1.29, 1.82) is 0 Å². The molecule has 0 radical (unpaired) electrons. The smallest absolute Gasteiger partial charge is 0.303 e. The molecule has 0 aromatic carbocycles. The number of fused-ring (bicyclic) bond motifs is 5. The highest BCUT2D eigenvalue weighted by Gasteiger charge is 2.60. The molecule has 4 rings (SSSR count). The SMILES string of the molecule is C[C@@H]1CC[C@]2(C)C3=CC(=O)[C@@]4(C)C(CCC4[C@H](C)CCC(=O)O)C3CC[C@H]2C1. The van der Waals surface area contributed by atoms with Crippen molar-refractivity contribution >= 4 is 11.8 Å². The third-order valence-corrected chi connectivity index (χ3v) is 9.76. The minimum atomic E-state index is -0.721. The lowest BCUT2D eigenvalue weighted by atomic mass is 9.47. The van der Waals surface area contributed by atoms with E-state index in [2.05, 4.69) is 33.8 Å². The Kier molecular flexibility index (Phi) is 5.03. The van der Waals surface area contributed by atoms with Crippen LogP contribution in [0.25, 0.3) is 0 Å². The average molecular weight is 387 g/mol. The Labute approximate surface area is 170 Å². The van der Waals surface area contributed by atoms with Gasteiger partial charge in [0.15, 0.2) is 5.78 Å². The first-order valence-corrected chi connectivity index (χ1v) is 11.7. The number of allylic oxidation sites excluding steroid dienone is 2. The molecule has 3 fully saturated rings. The normalized spacial score (nSPS) is 46.2. The molecule has 1 N–H and O–H groups in total. The Morgan fingerprint density at radius 2 is 1.96 bits per heavy atom. The highest BCUT2D eigenvalue weighted by Crippen LogP contribution is 2.65. The second kappa shape index (κ2) is 6.99. The summed E-state index contributed by atoms with van der Waals surface area (Å²) in [5, 5.41) is 9.09. The molecule has 156 valence electrons. The maximum atomic E-state index is 13.6. The van der Waals surface area contributed by atoms with E-state index in [0.29, 0.717) is 35.9 Å². The summed E-state index contributed by atoms with van der Waals surface area (Å²) in [7, 11) is 0. The molecule has 3 saturated carbocycles. The molecule has 0 aromatic rings. The van der Waals surface area contributed by atoms with Gasteiger partial charge in [-0.2, -0.15) is 0 Å². The van der Waals surface area contributed by atoms with E-state index in [9.17, 15) is 9.59 Å². The van der Waals surface area contributed by atoms with Crippen LogP contribution in [0.2, 0.25) is 0 Å². The number of rotatable bonds is 4. The van der Waals surface area contributed by atoms with E-state index >= 15 is 0 Å². The zero-order chi connectivity index (χ0) is 20.3. The first-order chi connectivity index (χ1) is 13.2. The van der Waals surface area contributed by atoms with Crippen molar-refractivity contribution in [2.75, 3.05) is 0 Å². The van der Waals surface area contributed by atoms with Crippen LogP contribution in [0.15, 0.2) is 11.6 Å². The Bertz CT molecular complexity index is 694. The predicted molar refractivity (Wildman–Crippen MR) is 111 cm³/mol. The Morgan fingerprint density at radius 3 is 2.68 bits per heavy atom.